The molecule has 0 unspecified atom stereocenters. The molecule has 0 saturated heterocycles. The van der Waals surface area contributed by atoms with Crippen LogP contribution in [-0.4, -0.2) is 23.6 Å². The zero-order chi connectivity index (χ0) is 18.2. The standard InChI is InChI=1S/C21H28N4O/c1-22-21(24-19-7-3-2-4-8-19)23-15-17-10-12-18(13-11-17)16-25-14-6-5-9-20(25)26/h5-6,9-14,19H,2-4,7-8,15-16H2,1H3,(H2,22,23,24). The molecule has 0 aliphatic heterocycles. The lowest BCUT2D eigenvalue weighted by molar-refractivity contribution is 0.410. The van der Waals surface area contributed by atoms with Gasteiger partial charge < -0.3 is 15.2 Å². The first-order valence-corrected chi connectivity index (χ1v) is 9.45. The highest BCUT2D eigenvalue weighted by Crippen LogP contribution is 2.17. The van der Waals surface area contributed by atoms with E-state index in [0.717, 1.165) is 18.1 Å². The van der Waals surface area contributed by atoms with Crippen molar-refractivity contribution >= 4 is 5.96 Å². The van der Waals surface area contributed by atoms with Gasteiger partial charge in [0, 0.05) is 31.9 Å². The zero-order valence-corrected chi connectivity index (χ0v) is 15.4. The molecule has 3 rings (SSSR count). The number of benzene rings is 1. The predicted molar refractivity (Wildman–Crippen MR) is 106 cm³/mol. The highest BCUT2D eigenvalue weighted by atomic mass is 16.1. The molecule has 2 N–H and O–H groups in total. The molecule has 1 fully saturated rings. The molecule has 1 heterocycles. The Bertz CT molecular complexity index is 773. The van der Waals surface area contributed by atoms with Crippen LogP contribution in [0.15, 0.2) is 58.4 Å². The van der Waals surface area contributed by atoms with Gasteiger partial charge in [0.05, 0.1) is 6.54 Å². The van der Waals surface area contributed by atoms with Crippen LogP contribution >= 0.6 is 0 Å². The van der Waals surface area contributed by atoms with E-state index in [0.29, 0.717) is 12.6 Å². The Morgan fingerprint density at radius 3 is 2.50 bits per heavy atom. The molecular weight excluding hydrogens is 324 g/mol. The van der Waals surface area contributed by atoms with Gasteiger partial charge in [-0.2, -0.15) is 0 Å². The molecule has 1 aromatic heterocycles. The Kier molecular flexibility index (Phi) is 6.47. The fourth-order valence-electron chi connectivity index (χ4n) is 3.37. The third-order valence-corrected chi connectivity index (χ3v) is 4.90. The summed E-state index contributed by atoms with van der Waals surface area (Å²) in [5, 5.41) is 6.92. The Hall–Kier alpha value is -2.56. The molecule has 1 aliphatic rings. The third-order valence-electron chi connectivity index (χ3n) is 4.90. The molecule has 0 radical (unpaired) electrons. The monoisotopic (exact) mass is 352 g/mol. The maximum Gasteiger partial charge on any atom is 0.250 e. The second kappa shape index (κ2) is 9.22. The average Bonchev–Trinajstić information content (AvgIpc) is 2.69. The van der Waals surface area contributed by atoms with Gasteiger partial charge in [-0.15, -0.1) is 0 Å². The van der Waals surface area contributed by atoms with Crippen LogP contribution in [0.4, 0.5) is 0 Å². The molecule has 26 heavy (non-hydrogen) atoms. The summed E-state index contributed by atoms with van der Waals surface area (Å²) in [6.07, 6.45) is 8.24. The van der Waals surface area contributed by atoms with Crippen molar-refractivity contribution < 1.29 is 0 Å². The number of nitrogens with zero attached hydrogens (tertiary/aromatic N) is 2. The van der Waals surface area contributed by atoms with Crippen LogP contribution in [0.3, 0.4) is 0 Å². The van der Waals surface area contributed by atoms with Crippen LogP contribution in [0.2, 0.25) is 0 Å². The van der Waals surface area contributed by atoms with Crippen molar-refractivity contribution in [2.75, 3.05) is 7.05 Å². The normalized spacial score (nSPS) is 15.7. The largest absolute Gasteiger partial charge is 0.354 e. The fraction of sp³-hybridized carbons (Fsp3) is 0.429. The summed E-state index contributed by atoms with van der Waals surface area (Å²) in [7, 11) is 1.82. The Morgan fingerprint density at radius 1 is 1.08 bits per heavy atom. The maximum atomic E-state index is 11.8. The van der Waals surface area contributed by atoms with Crippen LogP contribution in [0.1, 0.15) is 43.2 Å². The van der Waals surface area contributed by atoms with E-state index in [9.17, 15) is 4.79 Å². The van der Waals surface area contributed by atoms with Crippen LogP contribution in [-0.2, 0) is 13.1 Å². The van der Waals surface area contributed by atoms with E-state index in [2.05, 4.69) is 39.9 Å². The van der Waals surface area contributed by atoms with Crippen molar-refractivity contribution in [3.8, 4) is 0 Å². The van der Waals surface area contributed by atoms with Gasteiger partial charge in [0.2, 0.25) is 0 Å². The van der Waals surface area contributed by atoms with E-state index in [1.165, 1.54) is 37.7 Å². The van der Waals surface area contributed by atoms with Gasteiger partial charge in [-0.3, -0.25) is 9.79 Å². The van der Waals surface area contributed by atoms with E-state index >= 15 is 0 Å². The zero-order valence-electron chi connectivity index (χ0n) is 15.4. The van der Waals surface area contributed by atoms with Crippen LogP contribution in [0.25, 0.3) is 0 Å². The molecule has 5 nitrogen and oxygen atoms in total. The molecule has 1 saturated carbocycles. The fourth-order valence-corrected chi connectivity index (χ4v) is 3.37. The summed E-state index contributed by atoms with van der Waals surface area (Å²) in [5.74, 6) is 0.872. The Labute approximate surface area is 155 Å². The van der Waals surface area contributed by atoms with Gasteiger partial charge in [0.1, 0.15) is 0 Å². The van der Waals surface area contributed by atoms with E-state index in [-0.39, 0.29) is 5.56 Å². The lowest BCUT2D eigenvalue weighted by Crippen LogP contribution is -2.43. The maximum absolute atomic E-state index is 11.8. The SMILES string of the molecule is CN=C(NCc1ccc(Cn2ccccc2=O)cc1)NC1CCCCC1. The number of guanidine groups is 1. The molecule has 2 aromatic rings. The van der Waals surface area contributed by atoms with Gasteiger partial charge in [0.25, 0.3) is 5.56 Å². The first-order chi connectivity index (χ1) is 12.7. The number of hydrogen-bond acceptors (Lipinski definition) is 2. The minimum atomic E-state index is 0.0239. The topological polar surface area (TPSA) is 58.4 Å². The molecule has 1 aromatic carbocycles. The summed E-state index contributed by atoms with van der Waals surface area (Å²) >= 11 is 0. The second-order valence-corrected chi connectivity index (χ2v) is 6.89. The van der Waals surface area contributed by atoms with Crippen molar-refractivity contribution in [3.63, 3.8) is 0 Å². The van der Waals surface area contributed by atoms with Crippen molar-refractivity contribution in [2.45, 2.75) is 51.2 Å². The van der Waals surface area contributed by atoms with Crippen LogP contribution < -0.4 is 16.2 Å². The number of rotatable bonds is 5. The van der Waals surface area contributed by atoms with Gasteiger partial charge in [-0.05, 0) is 30.0 Å². The van der Waals surface area contributed by atoms with Crippen molar-refractivity contribution in [1.29, 1.82) is 0 Å². The average molecular weight is 352 g/mol. The number of hydrogen-bond donors (Lipinski definition) is 2. The minimum absolute atomic E-state index is 0.0239. The molecule has 0 bridgehead atoms. The Morgan fingerprint density at radius 2 is 1.81 bits per heavy atom. The van der Waals surface area contributed by atoms with Crippen molar-refractivity contribution in [3.05, 3.63) is 70.1 Å². The predicted octanol–water partition coefficient (Wildman–Crippen LogP) is 2.89. The van der Waals surface area contributed by atoms with Gasteiger partial charge in [-0.1, -0.05) is 49.6 Å². The molecular formula is C21H28N4O. The summed E-state index contributed by atoms with van der Waals surface area (Å²) in [5.41, 5.74) is 2.34. The molecule has 0 amide bonds. The molecule has 0 atom stereocenters. The minimum Gasteiger partial charge on any atom is -0.354 e. The number of aromatic nitrogens is 1. The first kappa shape index (κ1) is 18.2. The van der Waals surface area contributed by atoms with E-state index in [4.69, 9.17) is 0 Å². The van der Waals surface area contributed by atoms with Gasteiger partial charge in [0.15, 0.2) is 5.96 Å². The van der Waals surface area contributed by atoms with Gasteiger partial charge in [-0.25, -0.2) is 0 Å². The molecule has 5 heteroatoms. The van der Waals surface area contributed by atoms with E-state index < -0.39 is 0 Å². The molecule has 0 spiro atoms. The third kappa shape index (κ3) is 5.22. The van der Waals surface area contributed by atoms with Crippen molar-refractivity contribution in [2.24, 2.45) is 4.99 Å². The highest BCUT2D eigenvalue weighted by Gasteiger charge is 2.14. The number of aliphatic imine (C=N–C) groups is 1. The van der Waals surface area contributed by atoms with Crippen LogP contribution in [0, 0.1) is 0 Å². The first-order valence-electron chi connectivity index (χ1n) is 9.45. The summed E-state index contributed by atoms with van der Waals surface area (Å²) in [4.78, 5) is 16.1. The van der Waals surface area contributed by atoms with E-state index in [1.807, 2.05) is 19.3 Å². The molecule has 138 valence electrons. The summed E-state index contributed by atoms with van der Waals surface area (Å²) in [6, 6.07) is 14.1. The lowest BCUT2D eigenvalue weighted by Gasteiger charge is -2.24. The van der Waals surface area contributed by atoms with Crippen LogP contribution in [0.5, 0.6) is 0 Å². The summed E-state index contributed by atoms with van der Waals surface area (Å²) in [6.45, 7) is 1.33. The van der Waals surface area contributed by atoms with Gasteiger partial charge >= 0.3 is 0 Å². The smallest absolute Gasteiger partial charge is 0.250 e. The Balaban J connectivity index is 1.52. The lowest BCUT2D eigenvalue weighted by atomic mass is 9.96. The summed E-state index contributed by atoms with van der Waals surface area (Å²) < 4.78 is 1.71. The number of nitrogens with one attached hydrogen (secondary N) is 2. The number of pyridine rings is 1. The van der Waals surface area contributed by atoms with Crippen molar-refractivity contribution in [1.82, 2.24) is 15.2 Å². The molecule has 1 aliphatic carbocycles. The quantitative estimate of drug-likeness (QED) is 0.643. The highest BCUT2D eigenvalue weighted by molar-refractivity contribution is 5.79. The second-order valence-electron chi connectivity index (χ2n) is 6.89. The van der Waals surface area contributed by atoms with E-state index in [1.54, 1.807) is 16.7 Å².